The molecule has 0 radical (unpaired) electrons. The van der Waals surface area contributed by atoms with Gasteiger partial charge in [0.2, 0.25) is 5.88 Å². The molecule has 4 heterocycles. The van der Waals surface area contributed by atoms with E-state index in [-0.39, 0.29) is 6.09 Å². The lowest BCUT2D eigenvalue weighted by atomic mass is 9.89. The lowest BCUT2D eigenvalue weighted by molar-refractivity contribution is 0.0284. The van der Waals surface area contributed by atoms with Gasteiger partial charge in [0.15, 0.2) is 0 Å². The number of carbonyl (C=O) groups is 1. The summed E-state index contributed by atoms with van der Waals surface area (Å²) in [6.07, 6.45) is 1.62. The molecule has 0 saturated carbocycles. The Morgan fingerprint density at radius 2 is 1.84 bits per heavy atom. The number of nitrogen functional groups attached to an aromatic ring is 1. The Kier molecular flexibility index (Phi) is 6.22. The molecule has 1 aromatic carbocycles. The zero-order valence-corrected chi connectivity index (χ0v) is 22.4. The Balaban J connectivity index is 1.55. The molecular formula is C28H33N7O3. The molecule has 1 aliphatic rings. The number of benzene rings is 1. The fourth-order valence-electron chi connectivity index (χ4n) is 5.03. The van der Waals surface area contributed by atoms with E-state index in [1.165, 1.54) is 6.33 Å². The van der Waals surface area contributed by atoms with Crippen LogP contribution in [0.2, 0.25) is 0 Å². The van der Waals surface area contributed by atoms with Crippen LogP contribution in [0.4, 0.5) is 10.6 Å². The van der Waals surface area contributed by atoms with E-state index in [1.807, 2.05) is 81.8 Å². The van der Waals surface area contributed by atoms with Gasteiger partial charge in [-0.05, 0) is 57.9 Å². The lowest BCUT2D eigenvalue weighted by Gasteiger charge is -2.28. The summed E-state index contributed by atoms with van der Waals surface area (Å²) in [5, 5.41) is 0.722. The summed E-state index contributed by atoms with van der Waals surface area (Å²) in [6, 6.07) is 13.3. The monoisotopic (exact) mass is 515 g/mol. The van der Waals surface area contributed by atoms with Crippen LogP contribution in [0.25, 0.3) is 22.2 Å². The second-order valence-corrected chi connectivity index (χ2v) is 10.8. The number of amides is 1. The molecule has 1 atom stereocenters. The summed E-state index contributed by atoms with van der Waals surface area (Å²) in [5.74, 6) is 1.54. The Morgan fingerprint density at radius 1 is 1.11 bits per heavy atom. The van der Waals surface area contributed by atoms with Crippen molar-refractivity contribution in [3.8, 4) is 22.8 Å². The summed E-state index contributed by atoms with van der Waals surface area (Å²) in [6.45, 7) is 8.24. The number of pyridine rings is 1. The van der Waals surface area contributed by atoms with Crippen molar-refractivity contribution in [3.63, 3.8) is 0 Å². The smallest absolute Gasteiger partial charge is 0.410 e. The number of nitrogens with two attached hydrogens (primary N) is 2. The number of aromatic nitrogens is 4. The number of carbonyl (C=O) groups excluding carboxylic acids is 1. The number of aryl methyl sites for hydroxylation is 2. The maximum Gasteiger partial charge on any atom is 0.410 e. The van der Waals surface area contributed by atoms with E-state index in [1.54, 1.807) is 4.90 Å². The van der Waals surface area contributed by atoms with Gasteiger partial charge in [-0.25, -0.2) is 19.7 Å². The SMILES string of the molecule is Cc1cccc(Oc2ccc(-c3c(C4(N)CCN(C(=O)OC(C)(C)C)C4)n(C)c4ncnc(N)c34)cc2)n1. The number of fused-ring (bicyclic) bond motifs is 1. The third-order valence-electron chi connectivity index (χ3n) is 6.65. The van der Waals surface area contributed by atoms with Gasteiger partial charge in [0.05, 0.1) is 10.9 Å². The molecule has 0 aliphatic carbocycles. The van der Waals surface area contributed by atoms with Crippen LogP contribution in [0, 0.1) is 6.92 Å². The Hall–Kier alpha value is -4.18. The van der Waals surface area contributed by atoms with Crippen molar-refractivity contribution in [1.29, 1.82) is 0 Å². The first-order chi connectivity index (χ1) is 17.9. The third-order valence-corrected chi connectivity index (χ3v) is 6.65. The Labute approximate surface area is 221 Å². The predicted molar refractivity (Wildman–Crippen MR) is 146 cm³/mol. The Morgan fingerprint density at radius 3 is 2.53 bits per heavy atom. The first-order valence-electron chi connectivity index (χ1n) is 12.5. The average molecular weight is 516 g/mol. The zero-order valence-electron chi connectivity index (χ0n) is 22.4. The fourth-order valence-corrected chi connectivity index (χ4v) is 5.03. The molecule has 10 nitrogen and oxygen atoms in total. The highest BCUT2D eigenvalue weighted by molar-refractivity contribution is 6.03. The molecule has 1 saturated heterocycles. The van der Waals surface area contributed by atoms with Crippen molar-refractivity contribution >= 4 is 22.9 Å². The molecule has 0 spiro atoms. The molecule has 38 heavy (non-hydrogen) atoms. The van der Waals surface area contributed by atoms with Crippen molar-refractivity contribution in [2.75, 3.05) is 18.8 Å². The van der Waals surface area contributed by atoms with Crippen molar-refractivity contribution in [2.24, 2.45) is 12.8 Å². The van der Waals surface area contributed by atoms with Crippen LogP contribution >= 0.6 is 0 Å². The van der Waals surface area contributed by atoms with Crippen LogP contribution in [-0.4, -0.2) is 49.2 Å². The number of hydrogen-bond donors (Lipinski definition) is 2. The molecular weight excluding hydrogens is 482 g/mol. The topological polar surface area (TPSA) is 134 Å². The maximum atomic E-state index is 12.8. The number of anilines is 1. The Bertz CT molecular complexity index is 1510. The average Bonchev–Trinajstić information content (AvgIpc) is 3.38. The molecule has 0 bridgehead atoms. The largest absolute Gasteiger partial charge is 0.444 e. The van der Waals surface area contributed by atoms with Crippen LogP contribution in [0.3, 0.4) is 0 Å². The summed E-state index contributed by atoms with van der Waals surface area (Å²) < 4.78 is 13.5. The van der Waals surface area contributed by atoms with Gasteiger partial charge in [-0.15, -0.1) is 0 Å². The van der Waals surface area contributed by atoms with E-state index in [0.29, 0.717) is 42.6 Å². The molecule has 10 heteroatoms. The molecule has 1 aliphatic heterocycles. The van der Waals surface area contributed by atoms with Crippen LogP contribution in [0.5, 0.6) is 11.6 Å². The molecule has 1 fully saturated rings. The van der Waals surface area contributed by atoms with E-state index in [9.17, 15) is 4.79 Å². The number of likely N-dealkylation sites (tertiary alicyclic amines) is 1. The first-order valence-corrected chi connectivity index (χ1v) is 12.5. The zero-order chi connectivity index (χ0) is 27.2. The van der Waals surface area contributed by atoms with Gasteiger partial charge in [-0.1, -0.05) is 18.2 Å². The standard InChI is InChI=1S/C28H33N7O3/c1-17-7-6-8-20(33-17)37-19-11-9-18(10-12-19)21-22-24(29)31-16-32-25(22)34(5)23(21)28(30)13-14-35(15-28)26(36)38-27(2,3)4/h6-12,16H,13-15,30H2,1-5H3,(H2,29,31,32). The minimum Gasteiger partial charge on any atom is -0.444 e. The van der Waals surface area contributed by atoms with Crippen molar-refractivity contribution < 1.29 is 14.3 Å². The van der Waals surface area contributed by atoms with E-state index in [4.69, 9.17) is 20.9 Å². The van der Waals surface area contributed by atoms with E-state index in [0.717, 1.165) is 27.9 Å². The normalized spacial score (nSPS) is 17.7. The molecule has 3 aromatic heterocycles. The number of nitrogens with zero attached hydrogens (tertiary/aromatic N) is 5. The molecule has 4 aromatic rings. The summed E-state index contributed by atoms with van der Waals surface area (Å²) in [4.78, 5) is 27.7. The predicted octanol–water partition coefficient (Wildman–Crippen LogP) is 4.51. The van der Waals surface area contributed by atoms with Crippen LogP contribution in [0.15, 0.2) is 48.8 Å². The lowest BCUT2D eigenvalue weighted by Crippen LogP contribution is -2.44. The van der Waals surface area contributed by atoms with Crippen molar-refractivity contribution in [1.82, 2.24) is 24.4 Å². The van der Waals surface area contributed by atoms with E-state index < -0.39 is 11.1 Å². The molecule has 1 unspecified atom stereocenters. The highest BCUT2D eigenvalue weighted by atomic mass is 16.6. The third kappa shape index (κ3) is 4.74. The van der Waals surface area contributed by atoms with E-state index >= 15 is 0 Å². The van der Waals surface area contributed by atoms with Gasteiger partial charge in [0, 0.05) is 43.2 Å². The quantitative estimate of drug-likeness (QED) is 0.405. The van der Waals surface area contributed by atoms with Gasteiger partial charge in [-0.2, -0.15) is 0 Å². The highest BCUT2D eigenvalue weighted by Gasteiger charge is 2.44. The molecule has 4 N–H and O–H groups in total. The summed E-state index contributed by atoms with van der Waals surface area (Å²) in [7, 11) is 1.92. The second kappa shape index (κ2) is 9.29. The van der Waals surface area contributed by atoms with Crippen LogP contribution in [-0.2, 0) is 17.3 Å². The maximum absolute atomic E-state index is 12.8. The number of hydrogen-bond acceptors (Lipinski definition) is 8. The first kappa shape index (κ1) is 25.5. The molecule has 1 amide bonds. The summed E-state index contributed by atoms with van der Waals surface area (Å²) >= 11 is 0. The second-order valence-electron chi connectivity index (χ2n) is 10.8. The minimum atomic E-state index is -0.852. The molecule has 198 valence electrons. The van der Waals surface area contributed by atoms with Crippen molar-refractivity contribution in [2.45, 2.75) is 45.3 Å². The number of rotatable bonds is 4. The van der Waals surface area contributed by atoms with Gasteiger partial charge < -0.3 is 30.4 Å². The van der Waals surface area contributed by atoms with Gasteiger partial charge >= 0.3 is 6.09 Å². The van der Waals surface area contributed by atoms with E-state index in [2.05, 4.69) is 15.0 Å². The van der Waals surface area contributed by atoms with Crippen LogP contribution < -0.4 is 16.2 Å². The van der Waals surface area contributed by atoms with Gasteiger partial charge in [0.25, 0.3) is 0 Å². The van der Waals surface area contributed by atoms with Crippen molar-refractivity contribution in [3.05, 3.63) is 60.2 Å². The fraction of sp³-hybridized carbons (Fsp3) is 0.357. The van der Waals surface area contributed by atoms with Gasteiger partial charge in [-0.3, -0.25) is 0 Å². The highest BCUT2D eigenvalue weighted by Crippen LogP contribution is 2.43. The summed E-state index contributed by atoms with van der Waals surface area (Å²) in [5.41, 5.74) is 16.1. The molecule has 5 rings (SSSR count). The minimum absolute atomic E-state index is 0.298. The van der Waals surface area contributed by atoms with Crippen LogP contribution in [0.1, 0.15) is 38.6 Å². The van der Waals surface area contributed by atoms with Gasteiger partial charge in [0.1, 0.15) is 29.1 Å². The number of ether oxygens (including phenoxy) is 2.